The molecule has 0 unspecified atom stereocenters. The molecule has 1 fully saturated rings. The Morgan fingerprint density at radius 3 is 2.35 bits per heavy atom. The Kier molecular flexibility index (Phi) is 9.77. The average Bonchev–Trinajstić information content (AvgIpc) is 2.84. The third kappa shape index (κ3) is 7.46. The summed E-state index contributed by atoms with van der Waals surface area (Å²) < 4.78 is 39.4. The number of ether oxygens (including phenoxy) is 2. The van der Waals surface area contributed by atoms with Crippen LogP contribution in [-0.4, -0.2) is 46.7 Å². The SMILES string of the molecule is CCOc1ccc(N(CC(=O)NCCCOC2CCCCC2)S(=O)(=O)c2ccc(C)cc2)cc1. The maximum absolute atomic E-state index is 13.4. The van der Waals surface area contributed by atoms with E-state index < -0.39 is 10.0 Å². The van der Waals surface area contributed by atoms with Gasteiger partial charge in [0.05, 0.1) is 23.3 Å². The minimum atomic E-state index is -3.93. The van der Waals surface area contributed by atoms with Crippen LogP contribution in [0.1, 0.15) is 51.0 Å². The summed E-state index contributed by atoms with van der Waals surface area (Å²) in [5, 5.41) is 2.84. The average molecular weight is 489 g/mol. The Labute approximate surface area is 203 Å². The van der Waals surface area contributed by atoms with Crippen LogP contribution < -0.4 is 14.4 Å². The molecule has 34 heavy (non-hydrogen) atoms. The fraction of sp³-hybridized carbons (Fsp3) is 0.500. The maximum Gasteiger partial charge on any atom is 0.264 e. The molecule has 2 aromatic carbocycles. The van der Waals surface area contributed by atoms with Gasteiger partial charge in [-0.05, 0) is 69.5 Å². The van der Waals surface area contributed by atoms with Crippen LogP contribution in [0.2, 0.25) is 0 Å². The molecular formula is C26H36N2O5S. The zero-order chi connectivity index (χ0) is 24.4. The Balaban J connectivity index is 1.64. The van der Waals surface area contributed by atoms with Crippen molar-refractivity contribution in [3.05, 3.63) is 54.1 Å². The second-order valence-corrected chi connectivity index (χ2v) is 10.4. The molecule has 1 saturated carbocycles. The van der Waals surface area contributed by atoms with Crippen LogP contribution in [0.5, 0.6) is 5.75 Å². The highest BCUT2D eigenvalue weighted by molar-refractivity contribution is 7.92. The number of rotatable bonds is 12. The monoisotopic (exact) mass is 488 g/mol. The molecule has 8 heteroatoms. The van der Waals surface area contributed by atoms with Crippen LogP contribution in [-0.2, 0) is 19.6 Å². The van der Waals surface area contributed by atoms with Gasteiger partial charge in [-0.25, -0.2) is 8.42 Å². The van der Waals surface area contributed by atoms with E-state index in [-0.39, 0.29) is 17.3 Å². The summed E-state index contributed by atoms with van der Waals surface area (Å²) in [6, 6.07) is 13.3. The lowest BCUT2D eigenvalue weighted by atomic mass is 9.98. The number of carbonyl (C=O) groups excluding carboxylic acids is 1. The first kappa shape index (κ1) is 26.0. The van der Waals surface area contributed by atoms with Crippen molar-refractivity contribution in [2.24, 2.45) is 0 Å². The summed E-state index contributed by atoms with van der Waals surface area (Å²) in [5.74, 6) is 0.281. The number of nitrogens with one attached hydrogen (secondary N) is 1. The summed E-state index contributed by atoms with van der Waals surface area (Å²) in [6.45, 7) is 5.01. The predicted octanol–water partition coefficient (Wildman–Crippen LogP) is 4.44. The minimum Gasteiger partial charge on any atom is -0.494 e. The largest absolute Gasteiger partial charge is 0.494 e. The first-order valence-corrected chi connectivity index (χ1v) is 13.5. The molecule has 7 nitrogen and oxygen atoms in total. The third-order valence-corrected chi connectivity index (χ3v) is 7.67. The first-order valence-electron chi connectivity index (χ1n) is 12.1. The second-order valence-electron chi connectivity index (χ2n) is 8.59. The van der Waals surface area contributed by atoms with E-state index in [4.69, 9.17) is 9.47 Å². The van der Waals surface area contributed by atoms with Crippen LogP contribution >= 0.6 is 0 Å². The van der Waals surface area contributed by atoms with Crippen molar-refractivity contribution in [3.8, 4) is 5.75 Å². The fourth-order valence-corrected chi connectivity index (χ4v) is 5.42. The summed E-state index contributed by atoms with van der Waals surface area (Å²) in [5.41, 5.74) is 1.36. The van der Waals surface area contributed by atoms with Gasteiger partial charge in [-0.15, -0.1) is 0 Å². The Bertz CT molecular complexity index is 1000. The Hall–Kier alpha value is -2.58. The minimum absolute atomic E-state index is 0.140. The maximum atomic E-state index is 13.4. The zero-order valence-electron chi connectivity index (χ0n) is 20.2. The first-order chi connectivity index (χ1) is 16.4. The van der Waals surface area contributed by atoms with Gasteiger partial charge in [0, 0.05) is 13.2 Å². The molecule has 0 bridgehead atoms. The number of sulfonamides is 1. The van der Waals surface area contributed by atoms with Gasteiger partial charge in [-0.3, -0.25) is 9.10 Å². The molecule has 0 spiro atoms. The second kappa shape index (κ2) is 12.8. The Morgan fingerprint density at radius 2 is 1.71 bits per heavy atom. The van der Waals surface area contributed by atoms with E-state index in [2.05, 4.69) is 5.32 Å². The van der Waals surface area contributed by atoms with Crippen molar-refractivity contribution in [2.45, 2.75) is 63.4 Å². The zero-order valence-corrected chi connectivity index (χ0v) is 21.0. The van der Waals surface area contributed by atoms with Gasteiger partial charge < -0.3 is 14.8 Å². The molecule has 186 valence electrons. The highest BCUT2D eigenvalue weighted by atomic mass is 32.2. The molecule has 0 heterocycles. The molecule has 3 rings (SSSR count). The topological polar surface area (TPSA) is 84.9 Å². The lowest BCUT2D eigenvalue weighted by Crippen LogP contribution is -2.41. The summed E-state index contributed by atoms with van der Waals surface area (Å²) >= 11 is 0. The molecule has 2 aromatic rings. The lowest BCUT2D eigenvalue weighted by Gasteiger charge is -2.24. The molecule has 0 saturated heterocycles. The predicted molar refractivity (Wildman–Crippen MR) is 134 cm³/mol. The summed E-state index contributed by atoms with van der Waals surface area (Å²) in [4.78, 5) is 12.8. The molecule has 0 atom stereocenters. The number of aryl methyl sites for hydroxylation is 1. The van der Waals surface area contributed by atoms with E-state index >= 15 is 0 Å². The number of hydrogen-bond donors (Lipinski definition) is 1. The molecule has 1 amide bonds. The van der Waals surface area contributed by atoms with Gasteiger partial charge >= 0.3 is 0 Å². The number of benzene rings is 2. The van der Waals surface area contributed by atoms with Crippen LogP contribution in [0, 0.1) is 6.92 Å². The number of anilines is 1. The molecule has 1 aliphatic rings. The van der Waals surface area contributed by atoms with Gasteiger partial charge in [-0.2, -0.15) is 0 Å². The van der Waals surface area contributed by atoms with Crippen molar-refractivity contribution >= 4 is 21.6 Å². The normalized spacial score (nSPS) is 14.5. The van der Waals surface area contributed by atoms with Crippen molar-refractivity contribution < 1.29 is 22.7 Å². The van der Waals surface area contributed by atoms with E-state index in [1.54, 1.807) is 48.5 Å². The van der Waals surface area contributed by atoms with E-state index in [1.165, 1.54) is 19.3 Å². The summed E-state index contributed by atoms with van der Waals surface area (Å²) in [6.07, 6.45) is 6.97. The van der Waals surface area contributed by atoms with Crippen molar-refractivity contribution in [2.75, 3.05) is 30.6 Å². The number of carbonyl (C=O) groups is 1. The molecule has 1 N–H and O–H groups in total. The summed E-state index contributed by atoms with van der Waals surface area (Å²) in [7, 11) is -3.93. The van der Waals surface area contributed by atoms with E-state index in [0.29, 0.717) is 43.7 Å². The lowest BCUT2D eigenvalue weighted by molar-refractivity contribution is -0.119. The highest BCUT2D eigenvalue weighted by Crippen LogP contribution is 2.26. The van der Waals surface area contributed by atoms with Crippen molar-refractivity contribution in [1.29, 1.82) is 0 Å². The van der Waals surface area contributed by atoms with Gasteiger partial charge in [0.15, 0.2) is 0 Å². The van der Waals surface area contributed by atoms with Gasteiger partial charge in [0.1, 0.15) is 12.3 Å². The number of hydrogen-bond acceptors (Lipinski definition) is 5. The Morgan fingerprint density at radius 1 is 1.03 bits per heavy atom. The standard InChI is InChI=1S/C26H36N2O5S/c1-3-32-24-14-12-22(13-15-24)28(34(30,31)25-16-10-21(2)11-17-25)20-26(29)27-18-7-19-33-23-8-5-4-6-9-23/h10-17,23H,3-9,18-20H2,1-2H3,(H,27,29). The van der Waals surface area contributed by atoms with Crippen LogP contribution in [0.25, 0.3) is 0 Å². The van der Waals surface area contributed by atoms with Gasteiger partial charge in [-0.1, -0.05) is 37.0 Å². The van der Waals surface area contributed by atoms with Gasteiger partial charge in [0.25, 0.3) is 10.0 Å². The quantitative estimate of drug-likeness (QED) is 0.447. The van der Waals surface area contributed by atoms with Crippen molar-refractivity contribution in [1.82, 2.24) is 5.32 Å². The van der Waals surface area contributed by atoms with Crippen LogP contribution in [0.4, 0.5) is 5.69 Å². The van der Waals surface area contributed by atoms with Crippen LogP contribution in [0.3, 0.4) is 0 Å². The van der Waals surface area contributed by atoms with E-state index in [1.807, 2.05) is 13.8 Å². The highest BCUT2D eigenvalue weighted by Gasteiger charge is 2.27. The number of nitrogens with zero attached hydrogens (tertiary/aromatic N) is 1. The fourth-order valence-electron chi connectivity index (χ4n) is 4.00. The van der Waals surface area contributed by atoms with Crippen LogP contribution in [0.15, 0.2) is 53.4 Å². The van der Waals surface area contributed by atoms with Crippen molar-refractivity contribution in [3.63, 3.8) is 0 Å². The third-order valence-electron chi connectivity index (χ3n) is 5.88. The molecule has 0 aromatic heterocycles. The van der Waals surface area contributed by atoms with E-state index in [9.17, 15) is 13.2 Å². The smallest absolute Gasteiger partial charge is 0.264 e. The van der Waals surface area contributed by atoms with E-state index in [0.717, 1.165) is 22.7 Å². The van der Waals surface area contributed by atoms with Gasteiger partial charge in [0.2, 0.25) is 5.91 Å². The molecule has 0 aliphatic heterocycles. The molecule has 1 aliphatic carbocycles. The molecule has 0 radical (unpaired) electrons. The molecular weight excluding hydrogens is 452 g/mol. The number of amides is 1.